The average molecular weight is 803 g/mol. The van der Waals surface area contributed by atoms with E-state index in [0.717, 1.165) is 51.4 Å². The number of fused-ring (bicyclic) bond motifs is 3. The number of esters is 1. The summed E-state index contributed by atoms with van der Waals surface area (Å²) in [4.78, 5) is 14.8. The Bertz CT molecular complexity index is 1450. The normalized spacial score (nSPS) is 54.6. The van der Waals surface area contributed by atoms with Gasteiger partial charge in [-0.15, -0.1) is 0 Å². The maximum Gasteiger partial charge on any atom is 0.314 e. The third-order valence-electron chi connectivity index (χ3n) is 15.4. The van der Waals surface area contributed by atoms with Crippen molar-refractivity contribution in [2.24, 2.45) is 33.5 Å². The third-order valence-corrected chi connectivity index (χ3v) is 15.4. The molecular formula is C39H62O17. The Kier molecular flexibility index (Phi) is 11.9. The molecule has 7 fully saturated rings. The molecule has 2 bridgehead atoms. The Labute approximate surface area is 326 Å². The van der Waals surface area contributed by atoms with Crippen LogP contribution in [0, 0.1) is 33.5 Å². The number of hydrogen-bond donors (Lipinski definition) is 10. The number of rotatable bonds is 9. The van der Waals surface area contributed by atoms with Gasteiger partial charge in [0.25, 0.3) is 0 Å². The molecule has 0 amide bonds. The highest BCUT2D eigenvalue weighted by Gasteiger charge is 2.67. The third kappa shape index (κ3) is 6.79. The molecular weight excluding hydrogens is 740 g/mol. The molecule has 3 heterocycles. The Morgan fingerprint density at radius 3 is 1.75 bits per heavy atom. The van der Waals surface area contributed by atoms with Crippen LogP contribution >= 0.6 is 0 Å². The number of allylic oxidation sites excluding steroid dienone is 1. The van der Waals surface area contributed by atoms with Crippen LogP contribution in [0.2, 0.25) is 0 Å². The van der Waals surface area contributed by atoms with Gasteiger partial charge < -0.3 is 79.5 Å². The maximum atomic E-state index is 14.8. The van der Waals surface area contributed by atoms with Crippen molar-refractivity contribution >= 4 is 5.97 Å². The highest BCUT2D eigenvalue weighted by Crippen LogP contribution is 2.74. The lowest BCUT2D eigenvalue weighted by atomic mass is 9.40. The first kappa shape index (κ1) is 42.7. The van der Waals surface area contributed by atoms with Gasteiger partial charge in [-0.05, 0) is 86.4 Å². The topological polar surface area (TPSA) is 275 Å². The van der Waals surface area contributed by atoms with Crippen LogP contribution in [0.25, 0.3) is 0 Å². The molecule has 4 aliphatic carbocycles. The van der Waals surface area contributed by atoms with Gasteiger partial charge in [0.05, 0.1) is 25.2 Å². The van der Waals surface area contributed by atoms with Crippen molar-refractivity contribution < 1.29 is 84.3 Å². The summed E-state index contributed by atoms with van der Waals surface area (Å²) in [6.07, 6.45) is -18.1. The molecule has 1 spiro atoms. The number of aliphatic hydroxyl groups excluding tert-OH is 10. The highest BCUT2D eigenvalue weighted by atomic mass is 16.8. The maximum absolute atomic E-state index is 14.8. The lowest BCUT2D eigenvalue weighted by molar-refractivity contribution is -0.388. The Morgan fingerprint density at radius 2 is 1.18 bits per heavy atom. The van der Waals surface area contributed by atoms with Gasteiger partial charge in [0.1, 0.15) is 67.1 Å². The molecule has 0 aromatic heterocycles. The minimum Gasteiger partial charge on any atom is -0.432 e. The zero-order valence-electron chi connectivity index (χ0n) is 32.3. The van der Waals surface area contributed by atoms with Gasteiger partial charge in [-0.25, -0.2) is 0 Å². The lowest BCUT2D eigenvalue weighted by Gasteiger charge is -2.64. The zero-order valence-corrected chi connectivity index (χ0v) is 32.3. The van der Waals surface area contributed by atoms with E-state index in [9.17, 15) is 55.9 Å². The van der Waals surface area contributed by atoms with E-state index in [1.165, 1.54) is 5.57 Å². The second-order valence-corrected chi connectivity index (χ2v) is 18.6. The Balaban J connectivity index is 1.20. The second-order valence-electron chi connectivity index (χ2n) is 18.6. The summed E-state index contributed by atoms with van der Waals surface area (Å²) in [6, 6.07) is 0. The summed E-state index contributed by atoms with van der Waals surface area (Å²) < 4.78 is 35.5. The van der Waals surface area contributed by atoms with E-state index in [2.05, 4.69) is 20.4 Å². The monoisotopic (exact) mass is 802 g/mol. The second kappa shape index (κ2) is 15.6. The molecule has 320 valence electrons. The van der Waals surface area contributed by atoms with Crippen molar-refractivity contribution in [2.75, 3.05) is 19.8 Å². The van der Waals surface area contributed by atoms with Crippen LogP contribution in [0.1, 0.15) is 78.6 Å². The molecule has 7 rings (SSSR count). The fraction of sp³-hybridized carbons (Fsp3) is 0.923. The van der Waals surface area contributed by atoms with E-state index >= 15 is 0 Å². The van der Waals surface area contributed by atoms with Crippen LogP contribution in [0.4, 0.5) is 0 Å². The van der Waals surface area contributed by atoms with Crippen LogP contribution in [-0.4, -0.2) is 169 Å². The standard InChI is InChI=1S/C39H62O17/c1-17-12-39-11-7-21-37(3,22(39)6-10-36(17,2)16-39)8-5-9-38(21,4)35(50)56-34-31(55-33-29(49)27(47)24(44)19(14-41)52-33)30(25(45)20(15-42)53-34)54-32-28(48)26(46)23(43)18(13-40)51-32/h18-34,40-49H,1,5-16H2,2-4H3. The molecule has 3 aliphatic heterocycles. The van der Waals surface area contributed by atoms with E-state index in [-0.39, 0.29) is 22.2 Å². The number of hydrogen-bond acceptors (Lipinski definition) is 17. The van der Waals surface area contributed by atoms with E-state index in [1.807, 2.05) is 6.92 Å². The number of ether oxygens (including phenoxy) is 6. The molecule has 4 saturated carbocycles. The molecule has 21 unspecified atom stereocenters. The molecule has 0 aromatic rings. The molecule has 56 heavy (non-hydrogen) atoms. The zero-order chi connectivity index (χ0) is 40.7. The summed E-state index contributed by atoms with van der Waals surface area (Å²) in [5, 5.41) is 105. The average Bonchev–Trinajstić information content (AvgIpc) is 3.35. The minimum absolute atomic E-state index is 0.0705. The summed E-state index contributed by atoms with van der Waals surface area (Å²) in [6.45, 7) is 8.62. The van der Waals surface area contributed by atoms with Crippen molar-refractivity contribution in [1.82, 2.24) is 0 Å². The first-order valence-electron chi connectivity index (χ1n) is 20.1. The van der Waals surface area contributed by atoms with Crippen molar-refractivity contribution in [2.45, 2.75) is 171 Å². The minimum atomic E-state index is -1.94. The molecule has 0 radical (unpaired) electrons. The molecule has 17 heteroatoms. The first-order chi connectivity index (χ1) is 26.4. The predicted octanol–water partition coefficient (Wildman–Crippen LogP) is -1.66. The van der Waals surface area contributed by atoms with Gasteiger partial charge in [-0.1, -0.05) is 32.4 Å². The van der Waals surface area contributed by atoms with Gasteiger partial charge in [0.15, 0.2) is 18.7 Å². The Morgan fingerprint density at radius 1 is 0.661 bits per heavy atom. The number of carbonyl (C=O) groups is 1. The summed E-state index contributed by atoms with van der Waals surface area (Å²) >= 11 is 0. The molecule has 21 atom stereocenters. The summed E-state index contributed by atoms with van der Waals surface area (Å²) in [5.41, 5.74) is 0.385. The van der Waals surface area contributed by atoms with Gasteiger partial charge >= 0.3 is 5.97 Å². The van der Waals surface area contributed by atoms with E-state index < -0.39 is 123 Å². The quantitative estimate of drug-likeness (QED) is 0.0923. The summed E-state index contributed by atoms with van der Waals surface area (Å²) in [5.74, 6) is -0.321. The van der Waals surface area contributed by atoms with Crippen LogP contribution < -0.4 is 0 Å². The van der Waals surface area contributed by atoms with Crippen LogP contribution in [0.15, 0.2) is 12.2 Å². The van der Waals surface area contributed by atoms with Crippen LogP contribution in [-0.2, 0) is 33.2 Å². The van der Waals surface area contributed by atoms with Crippen molar-refractivity contribution in [3.05, 3.63) is 12.2 Å². The molecule has 7 aliphatic rings. The fourth-order valence-electron chi connectivity index (χ4n) is 12.3. The smallest absolute Gasteiger partial charge is 0.314 e. The SMILES string of the molecule is C=C1CC23CCC4C(C)(C(=O)OC5OC(CO)C(O)C(OC6OC(CO)C(O)C(O)C6O)C5OC5OC(CO)C(O)C(O)C5O)CCCC4(C)C2CCC1(C)C3. The van der Waals surface area contributed by atoms with Gasteiger partial charge in [0.2, 0.25) is 6.29 Å². The molecule has 10 N–H and O–H groups in total. The van der Waals surface area contributed by atoms with Gasteiger partial charge in [-0.2, -0.15) is 0 Å². The van der Waals surface area contributed by atoms with Crippen LogP contribution in [0.5, 0.6) is 0 Å². The van der Waals surface area contributed by atoms with Gasteiger partial charge in [0, 0.05) is 0 Å². The van der Waals surface area contributed by atoms with Crippen molar-refractivity contribution in [3.63, 3.8) is 0 Å². The van der Waals surface area contributed by atoms with Crippen molar-refractivity contribution in [3.8, 4) is 0 Å². The van der Waals surface area contributed by atoms with E-state index in [0.29, 0.717) is 12.3 Å². The molecule has 0 aromatic carbocycles. The molecule has 17 nitrogen and oxygen atoms in total. The van der Waals surface area contributed by atoms with Gasteiger partial charge in [-0.3, -0.25) is 4.79 Å². The number of aliphatic hydroxyl groups is 10. The first-order valence-corrected chi connectivity index (χ1v) is 20.1. The van der Waals surface area contributed by atoms with Crippen LogP contribution in [0.3, 0.4) is 0 Å². The highest BCUT2D eigenvalue weighted by molar-refractivity contribution is 5.77. The lowest BCUT2D eigenvalue weighted by Crippen LogP contribution is -2.67. The molecule has 3 saturated heterocycles. The van der Waals surface area contributed by atoms with Crippen molar-refractivity contribution in [1.29, 1.82) is 0 Å². The Hall–Kier alpha value is -1.39. The van der Waals surface area contributed by atoms with E-state index in [1.54, 1.807) is 0 Å². The number of carbonyl (C=O) groups excluding carboxylic acids is 1. The predicted molar refractivity (Wildman–Crippen MR) is 190 cm³/mol. The fourth-order valence-corrected chi connectivity index (χ4v) is 12.3. The largest absolute Gasteiger partial charge is 0.432 e. The van der Waals surface area contributed by atoms with E-state index in [4.69, 9.17) is 28.4 Å². The summed E-state index contributed by atoms with van der Waals surface area (Å²) in [7, 11) is 0.